The average molecular weight is 592 g/mol. The van der Waals surface area contributed by atoms with Gasteiger partial charge in [0, 0.05) is 6.42 Å². The van der Waals surface area contributed by atoms with E-state index in [1.54, 1.807) is 24.3 Å². The molecule has 0 spiro atoms. The van der Waals surface area contributed by atoms with Crippen molar-refractivity contribution < 1.29 is 41.0 Å². The Kier molecular flexibility index (Phi) is 8.44. The van der Waals surface area contributed by atoms with Gasteiger partial charge in [0.2, 0.25) is 0 Å². The minimum absolute atomic E-state index is 0.0168. The number of carboxylic acids is 1. The van der Waals surface area contributed by atoms with Crippen molar-refractivity contribution in [3.8, 4) is 22.3 Å². The van der Waals surface area contributed by atoms with Crippen molar-refractivity contribution in [1.29, 1.82) is 0 Å². The normalized spacial score (nSPS) is 12.6. The Morgan fingerprint density at radius 3 is 1.54 bits per heavy atom. The SMILES string of the molecule is O=C(NC(Cc1ccc(-c2ccc(C(F)(F)F)cc2)cc1)C(=O)O)c1cc(-c2ccc(C(F)(F)F)cc2)ccc1Cl. The van der Waals surface area contributed by atoms with E-state index in [1.807, 2.05) is 0 Å². The zero-order valence-electron chi connectivity index (χ0n) is 20.9. The van der Waals surface area contributed by atoms with Crippen LogP contribution in [0.1, 0.15) is 27.0 Å². The van der Waals surface area contributed by atoms with Crippen molar-refractivity contribution >= 4 is 23.5 Å². The van der Waals surface area contributed by atoms with Gasteiger partial charge in [-0.3, -0.25) is 4.79 Å². The molecule has 0 aromatic heterocycles. The molecule has 41 heavy (non-hydrogen) atoms. The van der Waals surface area contributed by atoms with E-state index in [-0.39, 0.29) is 17.0 Å². The van der Waals surface area contributed by atoms with E-state index in [1.165, 1.54) is 42.5 Å². The largest absolute Gasteiger partial charge is 0.480 e. The van der Waals surface area contributed by atoms with Crippen LogP contribution in [0.15, 0.2) is 91.0 Å². The number of hydrogen-bond acceptors (Lipinski definition) is 2. The van der Waals surface area contributed by atoms with Crippen molar-refractivity contribution in [2.75, 3.05) is 0 Å². The molecule has 0 radical (unpaired) electrons. The predicted octanol–water partition coefficient (Wildman–Crippen LogP) is 8.14. The number of carboxylic acid groups (broad SMARTS) is 1. The van der Waals surface area contributed by atoms with Crippen LogP contribution >= 0.6 is 11.6 Å². The molecular weight excluding hydrogens is 572 g/mol. The summed E-state index contributed by atoms with van der Waals surface area (Å²) >= 11 is 6.18. The Labute approximate surface area is 235 Å². The molecule has 0 heterocycles. The number of aliphatic carboxylic acids is 1. The van der Waals surface area contributed by atoms with Crippen molar-refractivity contribution in [2.45, 2.75) is 24.8 Å². The first-order valence-corrected chi connectivity index (χ1v) is 12.4. The number of halogens is 7. The van der Waals surface area contributed by atoms with E-state index >= 15 is 0 Å². The number of hydrogen-bond donors (Lipinski definition) is 2. The lowest BCUT2D eigenvalue weighted by molar-refractivity contribution is -0.139. The number of amides is 1. The first-order valence-electron chi connectivity index (χ1n) is 12.0. The van der Waals surface area contributed by atoms with E-state index in [9.17, 15) is 41.0 Å². The maximum absolute atomic E-state index is 13.0. The van der Waals surface area contributed by atoms with E-state index in [2.05, 4.69) is 5.32 Å². The molecule has 11 heteroatoms. The molecule has 0 aliphatic carbocycles. The standard InChI is InChI=1S/C30H20ClF6NO3/c31-25-14-9-21(20-7-12-23(13-8-20)30(35,36)37)16-24(25)27(39)38-26(28(40)41)15-17-1-3-18(4-2-17)19-5-10-22(11-6-19)29(32,33)34/h1-14,16,26H,15H2,(H,38,39)(H,40,41). The second kappa shape index (κ2) is 11.7. The highest BCUT2D eigenvalue weighted by molar-refractivity contribution is 6.34. The van der Waals surface area contributed by atoms with Crippen LogP contribution in [0.2, 0.25) is 5.02 Å². The Morgan fingerprint density at radius 1 is 0.683 bits per heavy atom. The molecule has 4 aromatic carbocycles. The predicted molar refractivity (Wildman–Crippen MR) is 141 cm³/mol. The fourth-order valence-corrected chi connectivity index (χ4v) is 4.29. The lowest BCUT2D eigenvalue weighted by atomic mass is 9.99. The molecule has 4 aromatic rings. The highest BCUT2D eigenvalue weighted by atomic mass is 35.5. The molecule has 2 N–H and O–H groups in total. The lowest BCUT2D eigenvalue weighted by Crippen LogP contribution is -2.42. The fourth-order valence-electron chi connectivity index (χ4n) is 4.09. The molecule has 0 bridgehead atoms. The first kappa shape index (κ1) is 29.7. The third-order valence-corrected chi connectivity index (χ3v) is 6.63. The molecule has 1 atom stereocenters. The van der Waals surface area contributed by atoms with Gasteiger partial charge in [0.15, 0.2) is 0 Å². The van der Waals surface area contributed by atoms with Crippen LogP contribution in [0.5, 0.6) is 0 Å². The van der Waals surface area contributed by atoms with Crippen LogP contribution < -0.4 is 5.32 Å². The van der Waals surface area contributed by atoms with Crippen LogP contribution in [-0.4, -0.2) is 23.0 Å². The zero-order valence-corrected chi connectivity index (χ0v) is 21.6. The number of benzene rings is 4. The average Bonchev–Trinajstić information content (AvgIpc) is 2.92. The molecule has 4 nitrogen and oxygen atoms in total. The molecule has 212 valence electrons. The summed E-state index contributed by atoms with van der Waals surface area (Å²) in [6.07, 6.45) is -9.06. The number of nitrogens with one attached hydrogen (secondary N) is 1. The summed E-state index contributed by atoms with van der Waals surface area (Å²) in [5, 5.41) is 12.2. The molecule has 0 aliphatic rings. The fraction of sp³-hybridized carbons (Fsp3) is 0.133. The molecule has 0 saturated heterocycles. The second-order valence-electron chi connectivity index (χ2n) is 9.11. The van der Waals surface area contributed by atoms with Crippen LogP contribution in [0.4, 0.5) is 26.3 Å². The van der Waals surface area contributed by atoms with Gasteiger partial charge >= 0.3 is 18.3 Å². The summed E-state index contributed by atoms with van der Waals surface area (Å²) in [6.45, 7) is 0. The van der Waals surface area contributed by atoms with Gasteiger partial charge in [-0.25, -0.2) is 4.79 Å². The summed E-state index contributed by atoms with van der Waals surface area (Å²) in [6, 6.07) is 18.3. The molecule has 1 unspecified atom stereocenters. The molecular formula is C30H20ClF6NO3. The van der Waals surface area contributed by atoms with Crippen molar-refractivity contribution in [3.63, 3.8) is 0 Å². The Morgan fingerprint density at radius 2 is 1.10 bits per heavy atom. The minimum Gasteiger partial charge on any atom is -0.480 e. The van der Waals surface area contributed by atoms with Gasteiger partial charge in [-0.15, -0.1) is 0 Å². The number of carbonyl (C=O) groups excluding carboxylic acids is 1. The number of rotatable bonds is 7. The van der Waals surface area contributed by atoms with Gasteiger partial charge in [0.05, 0.1) is 21.7 Å². The van der Waals surface area contributed by atoms with Gasteiger partial charge in [0.25, 0.3) is 5.91 Å². The number of alkyl halides is 6. The maximum atomic E-state index is 13.0. The maximum Gasteiger partial charge on any atom is 0.416 e. The summed E-state index contributed by atoms with van der Waals surface area (Å²) in [4.78, 5) is 24.9. The third kappa shape index (κ3) is 7.26. The van der Waals surface area contributed by atoms with Gasteiger partial charge in [0.1, 0.15) is 6.04 Å². The Bertz CT molecular complexity index is 1550. The molecule has 0 aliphatic heterocycles. The van der Waals surface area contributed by atoms with Crippen LogP contribution in [0.3, 0.4) is 0 Å². The third-order valence-electron chi connectivity index (χ3n) is 6.30. The minimum atomic E-state index is -4.50. The molecule has 1 amide bonds. The van der Waals surface area contributed by atoms with Crippen molar-refractivity contribution in [1.82, 2.24) is 5.32 Å². The summed E-state index contributed by atoms with van der Waals surface area (Å²) < 4.78 is 77.1. The Balaban J connectivity index is 1.48. The van der Waals surface area contributed by atoms with Crippen molar-refractivity contribution in [2.24, 2.45) is 0 Å². The lowest BCUT2D eigenvalue weighted by Gasteiger charge is -2.16. The summed E-state index contributed by atoms with van der Waals surface area (Å²) in [5.74, 6) is -2.11. The summed E-state index contributed by atoms with van der Waals surface area (Å²) in [5.41, 5.74) is 0.824. The zero-order chi connectivity index (χ0) is 29.9. The van der Waals surface area contributed by atoms with Gasteiger partial charge in [-0.05, 0) is 64.2 Å². The van der Waals surface area contributed by atoms with Gasteiger partial charge in [-0.1, -0.05) is 66.2 Å². The number of carbonyl (C=O) groups is 2. The topological polar surface area (TPSA) is 66.4 Å². The highest BCUT2D eigenvalue weighted by Gasteiger charge is 2.31. The van der Waals surface area contributed by atoms with E-state index in [0.29, 0.717) is 27.8 Å². The van der Waals surface area contributed by atoms with Crippen LogP contribution in [-0.2, 0) is 23.6 Å². The second-order valence-corrected chi connectivity index (χ2v) is 9.52. The first-order chi connectivity index (χ1) is 19.2. The van der Waals surface area contributed by atoms with E-state index < -0.39 is 41.4 Å². The van der Waals surface area contributed by atoms with Gasteiger partial charge in [-0.2, -0.15) is 26.3 Å². The van der Waals surface area contributed by atoms with Crippen LogP contribution in [0, 0.1) is 0 Å². The summed E-state index contributed by atoms with van der Waals surface area (Å²) in [7, 11) is 0. The van der Waals surface area contributed by atoms with Crippen LogP contribution in [0.25, 0.3) is 22.3 Å². The quantitative estimate of drug-likeness (QED) is 0.213. The van der Waals surface area contributed by atoms with Gasteiger partial charge < -0.3 is 10.4 Å². The van der Waals surface area contributed by atoms with Crippen molar-refractivity contribution in [3.05, 3.63) is 118 Å². The monoisotopic (exact) mass is 591 g/mol. The molecule has 0 fully saturated rings. The Hall–Kier alpha value is -4.31. The smallest absolute Gasteiger partial charge is 0.416 e. The highest BCUT2D eigenvalue weighted by Crippen LogP contribution is 2.33. The molecule has 4 rings (SSSR count). The van der Waals surface area contributed by atoms with E-state index in [4.69, 9.17) is 11.6 Å². The molecule has 0 saturated carbocycles. The van der Waals surface area contributed by atoms with E-state index in [0.717, 1.165) is 24.3 Å².